The summed E-state index contributed by atoms with van der Waals surface area (Å²) in [7, 11) is 0. The van der Waals surface area contributed by atoms with Gasteiger partial charge in [-0.3, -0.25) is 0 Å². The van der Waals surface area contributed by atoms with Gasteiger partial charge in [-0.15, -0.1) is 0 Å². The third-order valence-electron chi connectivity index (χ3n) is 6.30. The Labute approximate surface area is 193 Å². The van der Waals surface area contributed by atoms with Gasteiger partial charge < -0.3 is 4.90 Å². The standard InChI is InChI=1S/C28H29F3N2/c1-20-17-27(32-19-33-14-6-3-7-15-33)21(2)16-24(20)18-22-10-12-23(13-11-22)25-8-4-5-9-26(25)28(29,30)31/h4-5,8-13,16-17,19H,3,6-7,14-15,18H2,1-2H3/b32-19+. The first-order valence-corrected chi connectivity index (χ1v) is 11.4. The van der Waals surface area contributed by atoms with Gasteiger partial charge >= 0.3 is 6.18 Å². The van der Waals surface area contributed by atoms with Crippen LogP contribution in [0.15, 0.2) is 65.7 Å². The minimum Gasteiger partial charge on any atom is -0.363 e. The van der Waals surface area contributed by atoms with Crippen molar-refractivity contribution in [1.82, 2.24) is 4.90 Å². The molecule has 1 fully saturated rings. The van der Waals surface area contributed by atoms with Gasteiger partial charge in [-0.05, 0) is 85.0 Å². The second-order valence-corrected chi connectivity index (χ2v) is 8.82. The molecule has 0 aliphatic carbocycles. The quantitative estimate of drug-likeness (QED) is 0.287. The molecule has 2 nitrogen and oxygen atoms in total. The summed E-state index contributed by atoms with van der Waals surface area (Å²) in [4.78, 5) is 7.00. The molecule has 0 unspecified atom stereocenters. The summed E-state index contributed by atoms with van der Waals surface area (Å²) in [6.45, 7) is 6.30. The molecule has 0 aromatic heterocycles. The number of halogens is 3. The number of rotatable bonds is 5. The van der Waals surface area contributed by atoms with Gasteiger partial charge in [0.15, 0.2) is 0 Å². The van der Waals surface area contributed by atoms with Crippen LogP contribution in [0, 0.1) is 13.8 Å². The number of nitrogens with zero attached hydrogens (tertiary/aromatic N) is 2. The number of piperidine rings is 1. The summed E-state index contributed by atoms with van der Waals surface area (Å²) in [5, 5.41) is 0. The van der Waals surface area contributed by atoms with Gasteiger partial charge in [0.2, 0.25) is 0 Å². The molecule has 0 saturated carbocycles. The molecule has 0 amide bonds. The van der Waals surface area contributed by atoms with Crippen molar-refractivity contribution in [2.24, 2.45) is 4.99 Å². The van der Waals surface area contributed by atoms with Gasteiger partial charge in [0, 0.05) is 13.1 Å². The summed E-state index contributed by atoms with van der Waals surface area (Å²) >= 11 is 0. The van der Waals surface area contributed by atoms with Crippen LogP contribution in [-0.4, -0.2) is 24.3 Å². The van der Waals surface area contributed by atoms with Crippen molar-refractivity contribution in [3.63, 3.8) is 0 Å². The minimum atomic E-state index is -4.37. The first-order chi connectivity index (χ1) is 15.8. The molecule has 3 aromatic rings. The summed E-state index contributed by atoms with van der Waals surface area (Å²) in [5.41, 5.74) is 5.72. The lowest BCUT2D eigenvalue weighted by Crippen LogP contribution is -2.28. The average molecular weight is 451 g/mol. The zero-order valence-electron chi connectivity index (χ0n) is 19.1. The molecule has 0 radical (unpaired) electrons. The van der Waals surface area contributed by atoms with E-state index in [1.807, 2.05) is 18.5 Å². The lowest BCUT2D eigenvalue weighted by atomic mass is 9.95. The fourth-order valence-electron chi connectivity index (χ4n) is 4.37. The monoisotopic (exact) mass is 450 g/mol. The van der Waals surface area contributed by atoms with E-state index in [0.29, 0.717) is 5.56 Å². The number of hydrogen-bond acceptors (Lipinski definition) is 1. The Hall–Kier alpha value is -3.08. The summed E-state index contributed by atoms with van der Waals surface area (Å²) in [5.74, 6) is 0. The molecular weight excluding hydrogens is 421 g/mol. The SMILES string of the molecule is Cc1cc(/N=C/N2CCCCC2)c(C)cc1Cc1ccc(-c2ccccc2C(F)(F)F)cc1. The molecule has 5 heteroatoms. The molecule has 172 valence electrons. The van der Waals surface area contributed by atoms with Crippen LogP contribution >= 0.6 is 0 Å². The third-order valence-corrected chi connectivity index (χ3v) is 6.30. The number of hydrogen-bond donors (Lipinski definition) is 0. The van der Waals surface area contributed by atoms with Gasteiger partial charge in [0.25, 0.3) is 0 Å². The second-order valence-electron chi connectivity index (χ2n) is 8.82. The maximum atomic E-state index is 13.4. The van der Waals surface area contributed by atoms with Crippen LogP contribution in [-0.2, 0) is 12.6 Å². The maximum Gasteiger partial charge on any atom is 0.417 e. The van der Waals surface area contributed by atoms with Crippen LogP contribution in [0.1, 0.15) is 47.1 Å². The van der Waals surface area contributed by atoms with Crippen molar-refractivity contribution in [3.8, 4) is 11.1 Å². The highest BCUT2D eigenvalue weighted by atomic mass is 19.4. The van der Waals surface area contributed by atoms with Crippen LogP contribution in [0.4, 0.5) is 18.9 Å². The summed E-state index contributed by atoms with van der Waals surface area (Å²) in [6.07, 6.45) is 2.07. The van der Waals surface area contributed by atoms with Gasteiger partial charge in [-0.25, -0.2) is 4.99 Å². The Bertz CT molecular complexity index is 1120. The second kappa shape index (κ2) is 9.82. The molecule has 1 saturated heterocycles. The largest absolute Gasteiger partial charge is 0.417 e. The lowest BCUT2D eigenvalue weighted by molar-refractivity contribution is -0.137. The number of likely N-dealkylation sites (tertiary alicyclic amines) is 1. The fourth-order valence-corrected chi connectivity index (χ4v) is 4.37. The van der Waals surface area contributed by atoms with Crippen molar-refractivity contribution in [2.75, 3.05) is 13.1 Å². The van der Waals surface area contributed by atoms with Crippen LogP contribution in [0.2, 0.25) is 0 Å². The Morgan fingerprint density at radius 3 is 2.27 bits per heavy atom. The molecule has 1 aliphatic rings. The van der Waals surface area contributed by atoms with Gasteiger partial charge in [-0.1, -0.05) is 48.5 Å². The molecule has 3 aromatic carbocycles. The topological polar surface area (TPSA) is 15.6 Å². The van der Waals surface area contributed by atoms with Gasteiger partial charge in [0.1, 0.15) is 0 Å². The first-order valence-electron chi connectivity index (χ1n) is 11.4. The molecule has 4 rings (SSSR count). The number of aryl methyl sites for hydroxylation is 2. The van der Waals surface area contributed by atoms with E-state index < -0.39 is 11.7 Å². The number of benzene rings is 3. The average Bonchev–Trinajstić information content (AvgIpc) is 2.81. The molecule has 1 heterocycles. The smallest absolute Gasteiger partial charge is 0.363 e. The van der Waals surface area contributed by atoms with E-state index in [4.69, 9.17) is 4.99 Å². The molecule has 33 heavy (non-hydrogen) atoms. The molecular formula is C28H29F3N2. The number of alkyl halides is 3. The van der Waals surface area contributed by atoms with E-state index >= 15 is 0 Å². The van der Waals surface area contributed by atoms with Crippen molar-refractivity contribution in [1.29, 1.82) is 0 Å². The first kappa shape index (κ1) is 23.1. The van der Waals surface area contributed by atoms with E-state index in [0.717, 1.165) is 48.0 Å². The van der Waals surface area contributed by atoms with E-state index in [1.165, 1.54) is 37.0 Å². The van der Waals surface area contributed by atoms with Crippen molar-refractivity contribution >= 4 is 12.0 Å². The Morgan fingerprint density at radius 1 is 0.879 bits per heavy atom. The highest BCUT2D eigenvalue weighted by Crippen LogP contribution is 2.37. The van der Waals surface area contributed by atoms with E-state index in [2.05, 4.69) is 30.9 Å². The van der Waals surface area contributed by atoms with Gasteiger partial charge in [-0.2, -0.15) is 13.2 Å². The molecule has 0 bridgehead atoms. The Balaban J connectivity index is 1.51. The minimum absolute atomic E-state index is 0.208. The molecule has 0 atom stereocenters. The van der Waals surface area contributed by atoms with E-state index in [-0.39, 0.29) is 5.56 Å². The fraction of sp³-hybridized carbons (Fsp3) is 0.321. The maximum absolute atomic E-state index is 13.4. The van der Waals surface area contributed by atoms with Crippen molar-refractivity contribution in [3.05, 3.63) is 88.5 Å². The number of aliphatic imine (C=N–C) groups is 1. The molecule has 0 N–H and O–H groups in total. The van der Waals surface area contributed by atoms with Crippen LogP contribution < -0.4 is 0 Å². The Morgan fingerprint density at radius 2 is 1.58 bits per heavy atom. The van der Waals surface area contributed by atoms with Crippen molar-refractivity contribution in [2.45, 2.75) is 45.7 Å². The zero-order chi connectivity index (χ0) is 23.4. The highest BCUT2D eigenvalue weighted by Gasteiger charge is 2.33. The van der Waals surface area contributed by atoms with Crippen molar-refractivity contribution < 1.29 is 13.2 Å². The summed E-state index contributed by atoms with van der Waals surface area (Å²) in [6, 6.07) is 17.4. The van der Waals surface area contributed by atoms with E-state index in [1.54, 1.807) is 18.2 Å². The summed E-state index contributed by atoms with van der Waals surface area (Å²) < 4.78 is 40.1. The highest BCUT2D eigenvalue weighted by molar-refractivity contribution is 5.68. The lowest BCUT2D eigenvalue weighted by Gasteiger charge is -2.24. The zero-order valence-corrected chi connectivity index (χ0v) is 19.1. The van der Waals surface area contributed by atoms with Crippen LogP contribution in [0.5, 0.6) is 0 Å². The van der Waals surface area contributed by atoms with Crippen LogP contribution in [0.3, 0.4) is 0 Å². The molecule has 0 spiro atoms. The van der Waals surface area contributed by atoms with Crippen LogP contribution in [0.25, 0.3) is 11.1 Å². The predicted octanol–water partition coefficient (Wildman–Crippen LogP) is 7.73. The van der Waals surface area contributed by atoms with Gasteiger partial charge in [0.05, 0.1) is 17.6 Å². The predicted molar refractivity (Wildman–Crippen MR) is 129 cm³/mol. The molecule has 1 aliphatic heterocycles. The third kappa shape index (κ3) is 5.65. The van der Waals surface area contributed by atoms with E-state index in [9.17, 15) is 13.2 Å². The Kier molecular flexibility index (Phi) is 6.87. The normalized spacial score (nSPS) is 14.8.